The monoisotopic (exact) mass is 720 g/mol. The summed E-state index contributed by atoms with van der Waals surface area (Å²) in [6.07, 6.45) is 5.09. The summed E-state index contributed by atoms with van der Waals surface area (Å²) in [5.74, 6) is 0.843. The summed E-state index contributed by atoms with van der Waals surface area (Å²) >= 11 is 14.1. The van der Waals surface area contributed by atoms with Gasteiger partial charge in [0.25, 0.3) is 0 Å². The number of nitrogens with one attached hydrogen (secondary N) is 3. The molecule has 2 aliphatic rings. The number of nitrogens with zero attached hydrogens (tertiary/aromatic N) is 5. The average molecular weight is 722 g/mol. The van der Waals surface area contributed by atoms with Crippen LogP contribution in [-0.4, -0.2) is 89.9 Å². The molecule has 1 atom stereocenters. The Morgan fingerprint density at radius 1 is 0.900 bits per heavy atom. The second kappa shape index (κ2) is 16.4. The van der Waals surface area contributed by atoms with Gasteiger partial charge in [-0.2, -0.15) is 0 Å². The first kappa shape index (κ1) is 35.3. The van der Waals surface area contributed by atoms with Crippen molar-refractivity contribution in [2.24, 2.45) is 0 Å². The maximum Gasteiger partial charge on any atom is 0.407 e. The molecule has 15 heteroatoms. The van der Waals surface area contributed by atoms with E-state index in [0.717, 1.165) is 19.4 Å². The zero-order valence-corrected chi connectivity index (χ0v) is 29.3. The van der Waals surface area contributed by atoms with Crippen LogP contribution < -0.4 is 25.4 Å². The minimum atomic E-state index is -0.402. The Kier molecular flexibility index (Phi) is 11.6. The van der Waals surface area contributed by atoms with Crippen LogP contribution in [-0.2, 0) is 22.6 Å². The van der Waals surface area contributed by atoms with Crippen LogP contribution in [0.5, 0.6) is 11.8 Å². The number of ether oxygens (including phenoxy) is 3. The van der Waals surface area contributed by atoms with Crippen LogP contribution in [0.1, 0.15) is 30.7 Å². The van der Waals surface area contributed by atoms with Crippen molar-refractivity contribution < 1.29 is 23.8 Å². The summed E-state index contributed by atoms with van der Waals surface area (Å²) in [5.41, 5.74) is 5.15. The van der Waals surface area contributed by atoms with E-state index in [1.165, 1.54) is 0 Å². The van der Waals surface area contributed by atoms with Crippen molar-refractivity contribution in [3.05, 3.63) is 70.2 Å². The first-order chi connectivity index (χ1) is 24.3. The zero-order valence-electron chi connectivity index (χ0n) is 27.8. The molecule has 4 heterocycles. The number of carbonyl (C=O) groups is 2. The van der Waals surface area contributed by atoms with Gasteiger partial charge in [0.05, 0.1) is 48.0 Å². The van der Waals surface area contributed by atoms with Gasteiger partial charge in [-0.15, -0.1) is 0 Å². The summed E-state index contributed by atoms with van der Waals surface area (Å²) < 4.78 is 16.4. The van der Waals surface area contributed by atoms with E-state index >= 15 is 0 Å². The van der Waals surface area contributed by atoms with Crippen LogP contribution >= 0.6 is 23.2 Å². The number of hydrogen-bond acceptors (Lipinski definition) is 11. The Morgan fingerprint density at radius 3 is 2.14 bits per heavy atom. The molecule has 0 saturated carbocycles. The highest BCUT2D eigenvalue weighted by Crippen LogP contribution is 2.42. The molecule has 2 amide bonds. The molecule has 13 nitrogen and oxygen atoms in total. The Bertz CT molecular complexity index is 1860. The van der Waals surface area contributed by atoms with Gasteiger partial charge in [0.15, 0.2) is 0 Å². The van der Waals surface area contributed by atoms with E-state index in [4.69, 9.17) is 52.4 Å². The standard InChI is InChI=1S/C35H38Cl2N8O5/c1-48-33-28(17-38-16-21-10-11-30(46)42-21)40-18-26(43-33)24-8-3-6-22(31(24)36)23-7-4-9-25(32(23)37)27-19-41-29(34(44-27)49-2)20-45-13-5-12-39-35(47)50-15-14-45/h3-4,6-9,18-19,21,38H,5,10-17,20H2,1-2H3,(H,39,47)(H,42,46)/t21-/m0/s1. The number of amides is 2. The smallest absolute Gasteiger partial charge is 0.407 e. The van der Waals surface area contributed by atoms with Gasteiger partial charge in [-0.05, 0) is 12.8 Å². The number of alkyl carbamates (subject to hydrolysis) is 1. The molecule has 2 aliphatic heterocycles. The third-order valence-electron chi connectivity index (χ3n) is 8.55. The highest BCUT2D eigenvalue weighted by Gasteiger charge is 2.22. The molecule has 2 saturated heterocycles. The number of rotatable bonds is 11. The van der Waals surface area contributed by atoms with Crippen LogP contribution in [0, 0.1) is 0 Å². The van der Waals surface area contributed by atoms with Crippen LogP contribution in [0.3, 0.4) is 0 Å². The molecule has 0 bridgehead atoms. The first-order valence-electron chi connectivity index (χ1n) is 16.4. The Labute approximate surface area is 300 Å². The van der Waals surface area contributed by atoms with Gasteiger partial charge in [-0.1, -0.05) is 59.6 Å². The van der Waals surface area contributed by atoms with Gasteiger partial charge in [-0.25, -0.2) is 14.8 Å². The van der Waals surface area contributed by atoms with Crippen molar-refractivity contribution in [3.63, 3.8) is 0 Å². The van der Waals surface area contributed by atoms with Crippen LogP contribution in [0.2, 0.25) is 10.0 Å². The molecule has 6 rings (SSSR count). The van der Waals surface area contributed by atoms with Gasteiger partial charge in [0.2, 0.25) is 17.7 Å². The number of aromatic nitrogens is 4. The lowest BCUT2D eigenvalue weighted by Crippen LogP contribution is -2.35. The van der Waals surface area contributed by atoms with Crippen LogP contribution in [0.25, 0.3) is 33.6 Å². The van der Waals surface area contributed by atoms with Crippen LogP contribution in [0.15, 0.2) is 48.8 Å². The minimum absolute atomic E-state index is 0.0781. The number of halogens is 2. The van der Waals surface area contributed by atoms with E-state index in [0.29, 0.717) is 106 Å². The predicted octanol–water partition coefficient (Wildman–Crippen LogP) is 4.89. The molecule has 262 valence electrons. The van der Waals surface area contributed by atoms with Gasteiger partial charge in [0.1, 0.15) is 18.0 Å². The maximum atomic E-state index is 11.6. The van der Waals surface area contributed by atoms with E-state index in [2.05, 4.69) is 25.8 Å². The van der Waals surface area contributed by atoms with E-state index in [1.54, 1.807) is 26.6 Å². The van der Waals surface area contributed by atoms with Crippen molar-refractivity contribution in [1.29, 1.82) is 0 Å². The molecule has 0 radical (unpaired) electrons. The topological polar surface area (TPSA) is 153 Å². The number of benzene rings is 2. The van der Waals surface area contributed by atoms with E-state index in [-0.39, 0.29) is 18.6 Å². The Morgan fingerprint density at radius 2 is 1.52 bits per heavy atom. The quantitative estimate of drug-likeness (QED) is 0.194. The molecule has 2 fully saturated rings. The number of methoxy groups -OCH3 is 2. The Balaban J connectivity index is 1.22. The molecule has 50 heavy (non-hydrogen) atoms. The lowest BCUT2D eigenvalue weighted by Gasteiger charge is -2.21. The highest BCUT2D eigenvalue weighted by atomic mass is 35.5. The average Bonchev–Trinajstić information content (AvgIpc) is 3.58. The van der Waals surface area contributed by atoms with Crippen molar-refractivity contribution in [2.75, 3.05) is 47.0 Å². The predicted molar refractivity (Wildman–Crippen MR) is 189 cm³/mol. The third kappa shape index (κ3) is 8.24. The van der Waals surface area contributed by atoms with Crippen molar-refractivity contribution in [3.8, 4) is 45.4 Å². The van der Waals surface area contributed by atoms with E-state index in [9.17, 15) is 9.59 Å². The molecule has 3 N–H and O–H groups in total. The fourth-order valence-corrected chi connectivity index (χ4v) is 6.62. The van der Waals surface area contributed by atoms with E-state index < -0.39 is 6.09 Å². The third-order valence-corrected chi connectivity index (χ3v) is 9.37. The summed E-state index contributed by atoms with van der Waals surface area (Å²) in [6.45, 7) is 3.68. The largest absolute Gasteiger partial charge is 0.480 e. The fraction of sp³-hybridized carbons (Fsp3) is 0.371. The molecule has 0 unspecified atom stereocenters. The summed E-state index contributed by atoms with van der Waals surface area (Å²) in [6, 6.07) is 11.4. The van der Waals surface area contributed by atoms with Gasteiger partial charge in [-0.3, -0.25) is 19.7 Å². The lowest BCUT2D eigenvalue weighted by atomic mass is 9.98. The summed E-state index contributed by atoms with van der Waals surface area (Å²) in [5, 5.41) is 9.91. The number of hydrogen-bond donors (Lipinski definition) is 3. The van der Waals surface area contributed by atoms with Crippen molar-refractivity contribution >= 4 is 35.2 Å². The van der Waals surface area contributed by atoms with Gasteiger partial charge in [0, 0.05) is 74.0 Å². The molecule has 2 aromatic carbocycles. The van der Waals surface area contributed by atoms with Crippen molar-refractivity contribution in [2.45, 2.75) is 38.4 Å². The normalized spacial score (nSPS) is 16.8. The fourth-order valence-electron chi connectivity index (χ4n) is 5.97. The second-order valence-corrected chi connectivity index (χ2v) is 12.6. The Hall–Kier alpha value is -4.56. The molecule has 4 aromatic rings. The SMILES string of the molecule is COc1nc(-c2cccc(-c3cccc(-c4cnc(CN5CCCNC(=O)OCC5)c(OC)n4)c3Cl)c2Cl)cnc1CNC[C@@H]1CCC(=O)N1. The van der Waals surface area contributed by atoms with E-state index in [1.807, 2.05) is 36.4 Å². The van der Waals surface area contributed by atoms with Crippen molar-refractivity contribution in [1.82, 2.24) is 40.8 Å². The van der Waals surface area contributed by atoms with Gasteiger partial charge < -0.3 is 30.2 Å². The second-order valence-electron chi connectivity index (χ2n) is 11.9. The molecular formula is C35H38Cl2N8O5. The number of cyclic esters (lactones) is 1. The summed E-state index contributed by atoms with van der Waals surface area (Å²) in [4.78, 5) is 44.1. The van der Waals surface area contributed by atoms with Crippen LogP contribution in [0.4, 0.5) is 4.79 Å². The highest BCUT2D eigenvalue weighted by molar-refractivity contribution is 6.39. The molecule has 2 aromatic heterocycles. The lowest BCUT2D eigenvalue weighted by molar-refractivity contribution is -0.119. The molecule has 0 aliphatic carbocycles. The molecular weight excluding hydrogens is 683 g/mol. The maximum absolute atomic E-state index is 11.6. The minimum Gasteiger partial charge on any atom is -0.480 e. The number of carbonyl (C=O) groups excluding carboxylic acids is 2. The van der Waals surface area contributed by atoms with Gasteiger partial charge >= 0.3 is 6.09 Å². The zero-order chi connectivity index (χ0) is 35.0. The first-order valence-corrected chi connectivity index (χ1v) is 17.1. The summed E-state index contributed by atoms with van der Waals surface area (Å²) in [7, 11) is 3.11. The molecule has 0 spiro atoms.